The molecule has 0 radical (unpaired) electrons. The lowest BCUT2D eigenvalue weighted by Crippen LogP contribution is -2.27. The van der Waals surface area contributed by atoms with Crippen molar-refractivity contribution in [3.8, 4) is 22.9 Å². The van der Waals surface area contributed by atoms with E-state index in [-0.39, 0.29) is 38.2 Å². The van der Waals surface area contributed by atoms with Crippen molar-refractivity contribution in [3.05, 3.63) is 87.5 Å². The number of H-pyrrole nitrogens is 2. The molecule has 0 bridgehead atoms. The Hall–Kier alpha value is -5.04. The number of fused-ring (bicyclic) bond motifs is 1. The summed E-state index contributed by atoms with van der Waals surface area (Å²) in [5.74, 6) is -0.452. The topological polar surface area (TPSA) is 161 Å². The van der Waals surface area contributed by atoms with Gasteiger partial charge in [-0.1, -0.05) is 24.3 Å². The lowest BCUT2D eigenvalue weighted by molar-refractivity contribution is 0.0526. The number of nitrogens with one attached hydrogen (secondary N) is 3. The number of carbonyl (C=O) groups is 2. The highest BCUT2D eigenvalue weighted by Gasteiger charge is 2.17. The number of hydrogen-bond acceptors (Lipinski definition) is 10. The third-order valence-corrected chi connectivity index (χ3v) is 6.54. The van der Waals surface area contributed by atoms with E-state index in [0.29, 0.717) is 32.7 Å². The van der Waals surface area contributed by atoms with Crippen LogP contribution in [-0.4, -0.2) is 56.8 Å². The predicted molar refractivity (Wildman–Crippen MR) is 147 cm³/mol. The van der Waals surface area contributed by atoms with Gasteiger partial charge in [0.1, 0.15) is 30.1 Å². The van der Waals surface area contributed by atoms with Gasteiger partial charge in [-0.3, -0.25) is 14.7 Å². The summed E-state index contributed by atoms with van der Waals surface area (Å²) in [5.41, 5.74) is 2.02. The van der Waals surface area contributed by atoms with Crippen LogP contribution in [0, 0.1) is 0 Å². The van der Waals surface area contributed by atoms with Crippen molar-refractivity contribution in [3.63, 3.8) is 0 Å². The molecule has 0 fully saturated rings. The smallest absolute Gasteiger partial charge is 0.338 e. The van der Waals surface area contributed by atoms with Crippen LogP contribution < -0.4 is 20.3 Å². The van der Waals surface area contributed by atoms with Crippen LogP contribution in [0.4, 0.5) is 0 Å². The quantitative estimate of drug-likeness (QED) is 0.163. The number of carbonyl (C=O) groups excluding carboxylic acids is 2. The number of ether oxygens (including phenoxy) is 3. The summed E-state index contributed by atoms with van der Waals surface area (Å²) in [7, 11) is 0. The molecule has 5 rings (SSSR count). The lowest BCUT2D eigenvalue weighted by Gasteiger charge is -2.09. The van der Waals surface area contributed by atoms with Crippen molar-refractivity contribution in [1.82, 2.24) is 30.5 Å². The largest absolute Gasteiger partial charge is 0.490 e. The maximum Gasteiger partial charge on any atom is 0.338 e. The molecule has 0 aliphatic carbocycles. The number of esters is 1. The molecule has 0 atom stereocenters. The Morgan fingerprint density at radius 3 is 2.75 bits per heavy atom. The van der Waals surface area contributed by atoms with E-state index in [1.807, 2.05) is 12.1 Å². The third kappa shape index (κ3) is 6.15. The molecule has 3 heterocycles. The van der Waals surface area contributed by atoms with Gasteiger partial charge in [-0.05, 0) is 42.3 Å². The Morgan fingerprint density at radius 2 is 1.93 bits per heavy atom. The Bertz CT molecular complexity index is 1700. The van der Waals surface area contributed by atoms with E-state index in [2.05, 4.69) is 30.5 Å². The number of aromatic amines is 2. The molecule has 204 valence electrons. The van der Waals surface area contributed by atoms with Crippen LogP contribution in [0.15, 0.2) is 65.0 Å². The second-order valence-corrected chi connectivity index (χ2v) is 9.21. The predicted octanol–water partition coefficient (Wildman–Crippen LogP) is 3.33. The number of rotatable bonds is 11. The normalized spacial score (nSPS) is 10.8. The molecule has 0 spiro atoms. The SMILES string of the molecule is CCOC(=O)c1cccc(-c2csc3nc(C(=O)NCc4cccc(OCCOc5nc[nH]n5)c4)[nH]c(=O)c23)c1. The van der Waals surface area contributed by atoms with Crippen LogP contribution >= 0.6 is 11.3 Å². The zero-order valence-corrected chi connectivity index (χ0v) is 22.1. The fourth-order valence-electron chi connectivity index (χ4n) is 3.87. The molecule has 12 nitrogen and oxygen atoms in total. The fourth-order valence-corrected chi connectivity index (χ4v) is 4.82. The first kappa shape index (κ1) is 26.6. The summed E-state index contributed by atoms with van der Waals surface area (Å²) < 4.78 is 16.1. The van der Waals surface area contributed by atoms with Crippen LogP contribution in [0.3, 0.4) is 0 Å². The first-order valence-corrected chi connectivity index (χ1v) is 13.2. The van der Waals surface area contributed by atoms with Crippen LogP contribution in [0.2, 0.25) is 0 Å². The standard InChI is InChI=1S/C27H24N6O6S/c1-2-37-26(36)18-7-4-6-17(12-18)20-14-40-25-21(20)23(34)31-22(32-25)24(35)28-13-16-5-3-8-19(11-16)38-9-10-39-27-29-15-30-33-27/h3-8,11-12,14-15H,2,9-10,13H2,1H3,(H,28,35)(H,29,30,33)(H,31,32,34). The molecule has 1 amide bonds. The number of amides is 1. The Kier molecular flexibility index (Phi) is 8.11. The van der Waals surface area contributed by atoms with Crippen LogP contribution in [0.5, 0.6) is 11.8 Å². The molecular formula is C27H24N6O6S. The highest BCUT2D eigenvalue weighted by Crippen LogP contribution is 2.31. The average Bonchev–Trinajstić information content (AvgIpc) is 3.65. The van der Waals surface area contributed by atoms with E-state index in [0.717, 1.165) is 5.56 Å². The van der Waals surface area contributed by atoms with Crippen molar-refractivity contribution in [2.24, 2.45) is 0 Å². The van der Waals surface area contributed by atoms with Gasteiger partial charge in [0.15, 0.2) is 0 Å². The third-order valence-electron chi connectivity index (χ3n) is 5.67. The van der Waals surface area contributed by atoms with Crippen LogP contribution in [0.25, 0.3) is 21.3 Å². The summed E-state index contributed by atoms with van der Waals surface area (Å²) >= 11 is 1.24. The second-order valence-electron chi connectivity index (χ2n) is 8.35. The number of benzene rings is 2. The molecule has 0 aliphatic rings. The average molecular weight is 561 g/mol. The van der Waals surface area contributed by atoms with Gasteiger partial charge in [0.05, 0.1) is 17.6 Å². The van der Waals surface area contributed by atoms with Gasteiger partial charge in [-0.15, -0.1) is 16.4 Å². The number of aromatic nitrogens is 5. The van der Waals surface area contributed by atoms with E-state index in [4.69, 9.17) is 14.2 Å². The van der Waals surface area contributed by atoms with Gasteiger partial charge in [-0.25, -0.2) is 9.78 Å². The van der Waals surface area contributed by atoms with Crippen molar-refractivity contribution >= 4 is 33.4 Å². The second kappa shape index (κ2) is 12.2. The van der Waals surface area contributed by atoms with Crippen LogP contribution in [0.1, 0.15) is 33.5 Å². The molecule has 0 unspecified atom stereocenters. The van der Waals surface area contributed by atoms with Gasteiger partial charge in [0.25, 0.3) is 11.5 Å². The van der Waals surface area contributed by atoms with E-state index in [1.165, 1.54) is 17.7 Å². The lowest BCUT2D eigenvalue weighted by atomic mass is 10.0. The summed E-state index contributed by atoms with van der Waals surface area (Å²) in [5, 5.41) is 11.3. The highest BCUT2D eigenvalue weighted by molar-refractivity contribution is 7.17. The van der Waals surface area contributed by atoms with E-state index >= 15 is 0 Å². The Morgan fingerprint density at radius 1 is 1.07 bits per heavy atom. The molecule has 5 aromatic rings. The minimum atomic E-state index is -0.524. The molecule has 0 saturated carbocycles. The van der Waals surface area contributed by atoms with Crippen molar-refractivity contribution < 1.29 is 23.8 Å². The number of nitrogens with zero attached hydrogens (tertiary/aromatic N) is 3. The minimum absolute atomic E-state index is 0.0947. The van der Waals surface area contributed by atoms with Crippen molar-refractivity contribution in [1.29, 1.82) is 0 Å². The maximum atomic E-state index is 13.0. The minimum Gasteiger partial charge on any atom is -0.490 e. The maximum absolute atomic E-state index is 13.0. The van der Waals surface area contributed by atoms with Gasteiger partial charge >= 0.3 is 12.0 Å². The van der Waals surface area contributed by atoms with Gasteiger partial charge in [0.2, 0.25) is 5.82 Å². The molecule has 2 aromatic carbocycles. The fraction of sp³-hybridized carbons (Fsp3) is 0.185. The van der Waals surface area contributed by atoms with E-state index in [9.17, 15) is 14.4 Å². The molecule has 40 heavy (non-hydrogen) atoms. The summed E-state index contributed by atoms with van der Waals surface area (Å²) in [4.78, 5) is 49.2. The molecule has 3 N–H and O–H groups in total. The zero-order valence-electron chi connectivity index (χ0n) is 21.3. The van der Waals surface area contributed by atoms with Crippen LogP contribution in [-0.2, 0) is 11.3 Å². The number of hydrogen-bond donors (Lipinski definition) is 3. The molecule has 0 aliphatic heterocycles. The van der Waals surface area contributed by atoms with Gasteiger partial charge < -0.3 is 24.5 Å². The summed E-state index contributed by atoms with van der Waals surface area (Å²) in [6.07, 6.45) is 1.42. The van der Waals surface area contributed by atoms with Gasteiger partial charge in [0, 0.05) is 17.5 Å². The first-order chi connectivity index (χ1) is 19.5. The van der Waals surface area contributed by atoms with E-state index < -0.39 is 17.4 Å². The highest BCUT2D eigenvalue weighted by atomic mass is 32.1. The van der Waals surface area contributed by atoms with Crippen molar-refractivity contribution in [2.75, 3.05) is 19.8 Å². The summed E-state index contributed by atoms with van der Waals surface area (Å²) in [6, 6.07) is 14.3. The molecule has 13 heteroatoms. The number of thiophene rings is 1. The van der Waals surface area contributed by atoms with Gasteiger partial charge in [-0.2, -0.15) is 4.98 Å². The Labute approximate surface area is 231 Å². The Balaban J connectivity index is 1.24. The monoisotopic (exact) mass is 560 g/mol. The summed E-state index contributed by atoms with van der Waals surface area (Å²) in [6.45, 7) is 2.74. The molecule has 0 saturated heterocycles. The van der Waals surface area contributed by atoms with E-state index in [1.54, 1.807) is 48.7 Å². The zero-order chi connectivity index (χ0) is 27.9. The first-order valence-electron chi connectivity index (χ1n) is 12.3. The molecular weight excluding hydrogens is 536 g/mol. The van der Waals surface area contributed by atoms with Crippen molar-refractivity contribution in [2.45, 2.75) is 13.5 Å². The molecule has 3 aromatic heterocycles.